The summed E-state index contributed by atoms with van der Waals surface area (Å²) in [6.45, 7) is 3.11. The maximum Gasteiger partial charge on any atom is 0.277 e. The van der Waals surface area contributed by atoms with E-state index in [1.807, 2.05) is 48.5 Å². The minimum Gasteiger partial charge on any atom is -0.368 e. The predicted molar refractivity (Wildman–Crippen MR) is 130 cm³/mol. The molecule has 6 heteroatoms. The Labute approximate surface area is 198 Å². The Morgan fingerprint density at radius 1 is 0.676 bits per heavy atom. The van der Waals surface area contributed by atoms with Gasteiger partial charge >= 0.3 is 0 Å². The van der Waals surface area contributed by atoms with Crippen LogP contribution in [0.5, 0.6) is 0 Å². The number of carbonyl (C=O) groups excluding carboxylic acids is 2. The average molecular weight is 456 g/mol. The van der Waals surface area contributed by atoms with Crippen molar-refractivity contribution in [2.45, 2.75) is 6.42 Å². The van der Waals surface area contributed by atoms with Gasteiger partial charge in [0.2, 0.25) is 0 Å². The zero-order valence-electron chi connectivity index (χ0n) is 18.9. The van der Waals surface area contributed by atoms with Crippen LogP contribution in [0.15, 0.2) is 90.6 Å². The highest BCUT2D eigenvalue weighted by Crippen LogP contribution is 2.32. The molecule has 3 aromatic rings. The number of hydrogen-bond acceptors (Lipinski definition) is 4. The molecule has 172 valence electrons. The van der Waals surface area contributed by atoms with Gasteiger partial charge in [-0.25, -0.2) is 4.39 Å². The monoisotopic (exact) mass is 455 g/mol. The van der Waals surface area contributed by atoms with Crippen LogP contribution in [0.3, 0.4) is 0 Å². The Morgan fingerprint density at radius 3 is 1.91 bits per heavy atom. The summed E-state index contributed by atoms with van der Waals surface area (Å²) in [7, 11) is 0. The van der Waals surface area contributed by atoms with Crippen molar-refractivity contribution in [1.29, 1.82) is 0 Å². The number of benzene rings is 3. The Bertz CT molecular complexity index is 1200. The largest absolute Gasteiger partial charge is 0.368 e. The molecule has 0 bridgehead atoms. The van der Waals surface area contributed by atoms with Crippen LogP contribution in [0.25, 0.3) is 5.57 Å². The number of piperazine rings is 1. The molecule has 2 aliphatic rings. The molecule has 0 N–H and O–H groups in total. The van der Waals surface area contributed by atoms with Crippen molar-refractivity contribution < 1.29 is 14.0 Å². The normalized spacial score (nSPS) is 16.6. The van der Waals surface area contributed by atoms with Crippen molar-refractivity contribution in [1.82, 2.24) is 9.80 Å². The van der Waals surface area contributed by atoms with Crippen molar-refractivity contribution in [3.8, 4) is 0 Å². The second-order valence-electron chi connectivity index (χ2n) is 8.54. The predicted octanol–water partition coefficient (Wildman–Crippen LogP) is 3.97. The summed E-state index contributed by atoms with van der Waals surface area (Å²) in [5, 5.41) is 0. The fraction of sp³-hybridized carbons (Fsp3) is 0.214. The Morgan fingerprint density at radius 2 is 1.26 bits per heavy atom. The van der Waals surface area contributed by atoms with E-state index in [0.717, 1.165) is 29.9 Å². The van der Waals surface area contributed by atoms with Crippen molar-refractivity contribution in [3.63, 3.8) is 0 Å². The summed E-state index contributed by atoms with van der Waals surface area (Å²) in [6, 6.07) is 25.8. The van der Waals surface area contributed by atoms with E-state index in [-0.39, 0.29) is 24.2 Å². The standard InChI is InChI=1S/C28H26FN3O2/c29-23-13-11-21(12-14-23)15-16-32-27(33)25(22-7-3-1-4-8-22)26(28(32)34)31-19-17-30(18-20-31)24-9-5-2-6-10-24/h1-14H,15-20H2. The summed E-state index contributed by atoms with van der Waals surface area (Å²) in [5.74, 6) is -0.819. The molecule has 34 heavy (non-hydrogen) atoms. The highest BCUT2D eigenvalue weighted by atomic mass is 19.1. The van der Waals surface area contributed by atoms with E-state index in [1.54, 1.807) is 12.1 Å². The van der Waals surface area contributed by atoms with Gasteiger partial charge in [-0.3, -0.25) is 14.5 Å². The lowest BCUT2D eigenvalue weighted by Gasteiger charge is -2.37. The van der Waals surface area contributed by atoms with Crippen LogP contribution in [-0.4, -0.2) is 54.3 Å². The minimum absolute atomic E-state index is 0.251. The van der Waals surface area contributed by atoms with E-state index in [0.29, 0.717) is 30.8 Å². The molecule has 0 radical (unpaired) electrons. The van der Waals surface area contributed by atoms with Gasteiger partial charge in [-0.15, -0.1) is 0 Å². The molecule has 2 aliphatic heterocycles. The first-order valence-electron chi connectivity index (χ1n) is 11.6. The van der Waals surface area contributed by atoms with Gasteiger partial charge in [-0.2, -0.15) is 0 Å². The van der Waals surface area contributed by atoms with Gasteiger partial charge in [0.1, 0.15) is 11.5 Å². The SMILES string of the molecule is O=C1C(c2ccccc2)=C(N2CCN(c3ccccc3)CC2)C(=O)N1CCc1ccc(F)cc1. The van der Waals surface area contributed by atoms with Crippen LogP contribution in [0.1, 0.15) is 11.1 Å². The van der Waals surface area contributed by atoms with Gasteiger partial charge in [0, 0.05) is 38.4 Å². The number of anilines is 1. The van der Waals surface area contributed by atoms with Crippen LogP contribution in [0.4, 0.5) is 10.1 Å². The van der Waals surface area contributed by atoms with Gasteiger partial charge in [-0.05, 0) is 41.8 Å². The third kappa shape index (κ3) is 4.31. The van der Waals surface area contributed by atoms with Gasteiger partial charge in [0.25, 0.3) is 11.8 Å². The Kier molecular flexibility index (Phi) is 6.12. The maximum absolute atomic E-state index is 13.6. The molecule has 0 saturated carbocycles. The molecule has 5 nitrogen and oxygen atoms in total. The summed E-state index contributed by atoms with van der Waals surface area (Å²) >= 11 is 0. The van der Waals surface area contributed by atoms with Crippen molar-refractivity contribution in [3.05, 3.63) is 108 Å². The van der Waals surface area contributed by atoms with Crippen LogP contribution in [0.2, 0.25) is 0 Å². The van der Waals surface area contributed by atoms with Crippen LogP contribution >= 0.6 is 0 Å². The van der Waals surface area contributed by atoms with Crippen molar-refractivity contribution >= 4 is 23.1 Å². The molecule has 0 aliphatic carbocycles. The smallest absolute Gasteiger partial charge is 0.277 e. The number of nitrogens with zero attached hydrogens (tertiary/aromatic N) is 3. The maximum atomic E-state index is 13.6. The number of rotatable bonds is 6. The molecule has 1 saturated heterocycles. The fourth-order valence-electron chi connectivity index (χ4n) is 4.64. The summed E-state index contributed by atoms with van der Waals surface area (Å²) in [4.78, 5) is 32.7. The highest BCUT2D eigenvalue weighted by molar-refractivity contribution is 6.35. The number of hydrogen-bond donors (Lipinski definition) is 0. The Balaban J connectivity index is 1.38. The zero-order chi connectivity index (χ0) is 23.5. The quantitative estimate of drug-likeness (QED) is 0.528. The highest BCUT2D eigenvalue weighted by Gasteiger charge is 2.41. The van der Waals surface area contributed by atoms with Gasteiger partial charge in [0.15, 0.2) is 0 Å². The lowest BCUT2D eigenvalue weighted by molar-refractivity contribution is -0.137. The number of para-hydroxylation sites is 1. The molecule has 0 aromatic heterocycles. The topological polar surface area (TPSA) is 43.9 Å². The zero-order valence-corrected chi connectivity index (χ0v) is 18.9. The molecule has 2 heterocycles. The molecule has 2 amide bonds. The number of imide groups is 1. The summed E-state index contributed by atoms with van der Waals surface area (Å²) < 4.78 is 13.2. The number of carbonyl (C=O) groups is 2. The summed E-state index contributed by atoms with van der Waals surface area (Å²) in [6.07, 6.45) is 0.481. The first-order valence-corrected chi connectivity index (χ1v) is 11.6. The second kappa shape index (κ2) is 9.51. The molecule has 0 unspecified atom stereocenters. The lowest BCUT2D eigenvalue weighted by atomic mass is 10.0. The average Bonchev–Trinajstić information content (AvgIpc) is 3.14. The van der Waals surface area contributed by atoms with E-state index < -0.39 is 0 Å². The van der Waals surface area contributed by atoms with E-state index in [1.165, 1.54) is 17.0 Å². The first kappa shape index (κ1) is 21.9. The molecule has 3 aromatic carbocycles. The van der Waals surface area contributed by atoms with E-state index in [2.05, 4.69) is 21.9 Å². The molecule has 0 atom stereocenters. The van der Waals surface area contributed by atoms with Crippen LogP contribution < -0.4 is 4.90 Å². The van der Waals surface area contributed by atoms with Crippen molar-refractivity contribution in [2.24, 2.45) is 0 Å². The first-order chi connectivity index (χ1) is 16.6. The second-order valence-corrected chi connectivity index (χ2v) is 8.54. The van der Waals surface area contributed by atoms with Crippen molar-refractivity contribution in [2.75, 3.05) is 37.6 Å². The molecule has 0 spiro atoms. The lowest BCUT2D eigenvalue weighted by Crippen LogP contribution is -2.47. The molecule has 5 rings (SSSR count). The third-order valence-corrected chi connectivity index (χ3v) is 6.46. The Hall–Kier alpha value is -3.93. The van der Waals surface area contributed by atoms with E-state index in [9.17, 15) is 14.0 Å². The molecule has 1 fully saturated rings. The van der Waals surface area contributed by atoms with E-state index >= 15 is 0 Å². The molecular formula is C28H26FN3O2. The molecular weight excluding hydrogens is 429 g/mol. The summed E-state index contributed by atoms with van der Waals surface area (Å²) in [5.41, 5.74) is 3.76. The van der Waals surface area contributed by atoms with Crippen LogP contribution in [-0.2, 0) is 16.0 Å². The van der Waals surface area contributed by atoms with Gasteiger partial charge < -0.3 is 9.80 Å². The number of halogens is 1. The fourth-order valence-corrected chi connectivity index (χ4v) is 4.64. The number of amides is 2. The van der Waals surface area contributed by atoms with Crippen LogP contribution in [0, 0.1) is 5.82 Å². The minimum atomic E-state index is -0.304. The van der Waals surface area contributed by atoms with E-state index in [4.69, 9.17) is 0 Å². The van der Waals surface area contributed by atoms with Gasteiger partial charge in [-0.1, -0.05) is 60.7 Å². The van der Waals surface area contributed by atoms with Gasteiger partial charge in [0.05, 0.1) is 5.57 Å². The third-order valence-electron chi connectivity index (χ3n) is 6.46.